The quantitative estimate of drug-likeness (QED) is 0.220. The molecule has 42 heavy (non-hydrogen) atoms. The minimum atomic E-state index is -1.68. The fraction of sp³-hybridized carbons (Fsp3) is 0.531. The summed E-state index contributed by atoms with van der Waals surface area (Å²) in [6, 6.07) is 16.0. The molecule has 2 aromatic rings. The van der Waals surface area contributed by atoms with Gasteiger partial charge in [-0.15, -0.1) is 0 Å². The molecule has 1 fully saturated rings. The minimum Gasteiger partial charge on any atom is -0.459 e. The van der Waals surface area contributed by atoms with Crippen LogP contribution in [0.5, 0.6) is 0 Å². The molecule has 0 bridgehead atoms. The summed E-state index contributed by atoms with van der Waals surface area (Å²) in [5.74, 6) is -1.34. The van der Waals surface area contributed by atoms with Crippen LogP contribution in [0.1, 0.15) is 70.9 Å². The SMILES string of the molecule is CCOC(OCc1ccccc1)([PH2]=O)C1(C(=O)NC2CCc3ccccc3N(CC(=O)OC(C)(C)C)C2=O)CCCC1. The Morgan fingerprint density at radius 2 is 1.69 bits per heavy atom. The summed E-state index contributed by atoms with van der Waals surface area (Å²) < 4.78 is 31.0. The van der Waals surface area contributed by atoms with Crippen molar-refractivity contribution in [3.05, 3.63) is 65.7 Å². The Kier molecular flexibility index (Phi) is 10.3. The Bertz CT molecular complexity index is 1270. The second kappa shape index (κ2) is 13.5. The number of carbonyl (C=O) groups excluding carboxylic acids is 3. The topological polar surface area (TPSA) is 111 Å². The van der Waals surface area contributed by atoms with Crippen LogP contribution in [-0.2, 0) is 46.2 Å². The van der Waals surface area contributed by atoms with Crippen LogP contribution in [-0.4, -0.2) is 48.1 Å². The number of para-hydroxylation sites is 1. The van der Waals surface area contributed by atoms with Crippen molar-refractivity contribution in [1.29, 1.82) is 0 Å². The number of aryl methyl sites for hydroxylation is 1. The molecule has 4 rings (SSSR count). The molecule has 3 unspecified atom stereocenters. The zero-order valence-corrected chi connectivity index (χ0v) is 26.2. The number of anilines is 1. The molecular weight excluding hydrogens is 555 g/mol. The van der Waals surface area contributed by atoms with Gasteiger partial charge in [0.25, 0.3) is 0 Å². The van der Waals surface area contributed by atoms with Crippen LogP contribution in [0, 0.1) is 5.41 Å². The molecule has 1 aliphatic heterocycles. The highest BCUT2D eigenvalue weighted by molar-refractivity contribution is 7.25. The first kappa shape index (κ1) is 31.9. The van der Waals surface area contributed by atoms with Crippen molar-refractivity contribution in [2.75, 3.05) is 18.1 Å². The molecule has 0 radical (unpaired) electrons. The number of rotatable bonds is 11. The van der Waals surface area contributed by atoms with E-state index in [-0.39, 0.29) is 19.8 Å². The van der Waals surface area contributed by atoms with E-state index in [1.165, 1.54) is 4.90 Å². The van der Waals surface area contributed by atoms with Crippen molar-refractivity contribution in [2.24, 2.45) is 5.41 Å². The van der Waals surface area contributed by atoms with Gasteiger partial charge in [0.2, 0.25) is 17.3 Å². The highest BCUT2D eigenvalue weighted by atomic mass is 31.1. The van der Waals surface area contributed by atoms with E-state index in [4.69, 9.17) is 14.2 Å². The standard InChI is InChI=1S/C32H43N2O7P/c1-5-39-32(42-38,40-22-23-13-7-6-8-14-23)31(19-11-12-20-31)29(37)33-25-18-17-24-15-9-10-16-26(24)34(28(25)36)21-27(35)41-30(2,3)4/h6-10,13-16,25H,5,11-12,17-22,42H2,1-4H3,(H,33,37). The van der Waals surface area contributed by atoms with Gasteiger partial charge in [0.15, 0.2) is 0 Å². The van der Waals surface area contributed by atoms with Gasteiger partial charge in [-0.05, 0) is 70.6 Å². The third-order valence-corrected chi connectivity index (χ3v) is 9.13. The molecule has 1 saturated carbocycles. The lowest BCUT2D eigenvalue weighted by molar-refractivity contribution is -0.240. The number of fused-ring (bicyclic) bond motifs is 1. The molecule has 10 heteroatoms. The van der Waals surface area contributed by atoms with Crippen molar-refractivity contribution in [1.82, 2.24) is 5.32 Å². The van der Waals surface area contributed by atoms with E-state index in [1.807, 2.05) is 48.5 Å². The van der Waals surface area contributed by atoms with E-state index in [2.05, 4.69) is 5.32 Å². The van der Waals surface area contributed by atoms with Crippen molar-refractivity contribution in [3.63, 3.8) is 0 Å². The second-order valence-corrected chi connectivity index (χ2v) is 13.0. The van der Waals surface area contributed by atoms with Crippen molar-refractivity contribution in [3.8, 4) is 0 Å². The van der Waals surface area contributed by atoms with Gasteiger partial charge in [0.05, 0.1) is 6.61 Å². The summed E-state index contributed by atoms with van der Waals surface area (Å²) in [6.45, 7) is 7.17. The van der Waals surface area contributed by atoms with Crippen molar-refractivity contribution in [2.45, 2.75) is 90.0 Å². The molecule has 1 heterocycles. The van der Waals surface area contributed by atoms with Crippen LogP contribution >= 0.6 is 8.46 Å². The predicted octanol–water partition coefficient (Wildman–Crippen LogP) is 5.02. The molecule has 228 valence electrons. The number of esters is 1. The number of ether oxygens (including phenoxy) is 3. The Morgan fingerprint density at radius 3 is 2.33 bits per heavy atom. The van der Waals surface area contributed by atoms with Crippen LogP contribution in [0.4, 0.5) is 5.69 Å². The van der Waals surface area contributed by atoms with Crippen LogP contribution in [0.2, 0.25) is 0 Å². The Hall–Kier alpha value is -3.00. The van der Waals surface area contributed by atoms with E-state index in [0.29, 0.717) is 31.4 Å². The van der Waals surface area contributed by atoms with Gasteiger partial charge >= 0.3 is 5.97 Å². The zero-order valence-electron chi connectivity index (χ0n) is 25.0. The molecule has 2 aliphatic rings. The van der Waals surface area contributed by atoms with Gasteiger partial charge in [-0.25, -0.2) is 0 Å². The first-order chi connectivity index (χ1) is 20.0. The third-order valence-electron chi connectivity index (χ3n) is 7.93. The molecular formula is C32H43N2O7P. The number of hydrogen-bond acceptors (Lipinski definition) is 7. The lowest BCUT2D eigenvalue weighted by Crippen LogP contribution is -2.59. The smallest absolute Gasteiger partial charge is 0.326 e. The summed E-state index contributed by atoms with van der Waals surface area (Å²) in [7, 11) is -1.68. The number of benzene rings is 2. The van der Waals surface area contributed by atoms with Crippen LogP contribution in [0.15, 0.2) is 54.6 Å². The maximum absolute atomic E-state index is 14.3. The van der Waals surface area contributed by atoms with E-state index in [0.717, 1.165) is 24.0 Å². The summed E-state index contributed by atoms with van der Waals surface area (Å²) in [5, 5.41) is 3.01. The van der Waals surface area contributed by atoms with Gasteiger partial charge in [-0.2, -0.15) is 0 Å². The normalized spacial score (nSPS) is 20.1. The summed E-state index contributed by atoms with van der Waals surface area (Å²) in [5.41, 5.74) is -1.16. The summed E-state index contributed by atoms with van der Waals surface area (Å²) >= 11 is 0. The second-order valence-electron chi connectivity index (χ2n) is 12.0. The average molecular weight is 599 g/mol. The van der Waals surface area contributed by atoms with Crippen LogP contribution < -0.4 is 10.2 Å². The molecule has 2 amide bonds. The number of nitrogens with one attached hydrogen (secondary N) is 1. The molecule has 0 saturated heterocycles. The van der Waals surface area contributed by atoms with E-state index in [9.17, 15) is 18.9 Å². The monoisotopic (exact) mass is 598 g/mol. The number of carbonyl (C=O) groups is 3. The third kappa shape index (κ3) is 6.96. The lowest BCUT2D eigenvalue weighted by atomic mass is 9.83. The van der Waals surface area contributed by atoms with E-state index < -0.39 is 48.8 Å². The maximum atomic E-state index is 14.3. The summed E-state index contributed by atoms with van der Waals surface area (Å²) in [6.07, 6.45) is 3.20. The molecule has 0 aromatic heterocycles. The number of hydrogen-bond donors (Lipinski definition) is 1. The van der Waals surface area contributed by atoms with E-state index in [1.54, 1.807) is 33.8 Å². The molecule has 9 nitrogen and oxygen atoms in total. The maximum Gasteiger partial charge on any atom is 0.326 e. The van der Waals surface area contributed by atoms with Gasteiger partial charge in [-0.3, -0.25) is 19.3 Å². The van der Waals surface area contributed by atoms with Crippen LogP contribution in [0.25, 0.3) is 0 Å². The summed E-state index contributed by atoms with van der Waals surface area (Å²) in [4.78, 5) is 42.6. The highest BCUT2D eigenvalue weighted by Crippen LogP contribution is 2.54. The van der Waals surface area contributed by atoms with Crippen molar-refractivity contribution >= 4 is 31.9 Å². The largest absolute Gasteiger partial charge is 0.459 e. The van der Waals surface area contributed by atoms with Crippen molar-refractivity contribution < 1.29 is 33.2 Å². The zero-order chi connectivity index (χ0) is 30.4. The molecule has 3 atom stereocenters. The Balaban J connectivity index is 1.62. The minimum absolute atomic E-state index is 0.131. The van der Waals surface area contributed by atoms with Gasteiger partial charge in [0.1, 0.15) is 32.1 Å². The molecule has 0 spiro atoms. The average Bonchev–Trinajstić information content (AvgIpc) is 3.43. The predicted molar refractivity (Wildman–Crippen MR) is 162 cm³/mol. The molecule has 1 N–H and O–H groups in total. The highest BCUT2D eigenvalue weighted by Gasteiger charge is 2.60. The van der Waals surface area contributed by atoms with Gasteiger partial charge in [-0.1, -0.05) is 61.4 Å². The fourth-order valence-corrected chi connectivity index (χ4v) is 7.03. The number of amides is 2. The molecule has 1 aliphatic carbocycles. The number of nitrogens with zero attached hydrogens (tertiary/aromatic N) is 1. The van der Waals surface area contributed by atoms with Gasteiger partial charge < -0.3 is 24.1 Å². The van der Waals surface area contributed by atoms with Crippen LogP contribution in [0.3, 0.4) is 0 Å². The first-order valence-electron chi connectivity index (χ1n) is 14.7. The fourth-order valence-electron chi connectivity index (χ4n) is 6.00. The van der Waals surface area contributed by atoms with E-state index >= 15 is 0 Å². The Labute approximate surface area is 249 Å². The lowest BCUT2D eigenvalue weighted by Gasteiger charge is -2.44. The Morgan fingerprint density at radius 1 is 1.02 bits per heavy atom. The molecule has 2 aromatic carbocycles. The van der Waals surface area contributed by atoms with Gasteiger partial charge in [0, 0.05) is 12.3 Å². The first-order valence-corrected chi connectivity index (χ1v) is 15.8.